The molecule has 0 saturated heterocycles. The second-order valence-electron chi connectivity index (χ2n) is 5.72. The predicted octanol–water partition coefficient (Wildman–Crippen LogP) is 4.51. The average Bonchev–Trinajstić information content (AvgIpc) is 2.31. The van der Waals surface area contributed by atoms with Crippen LogP contribution in [0.3, 0.4) is 0 Å². The van der Waals surface area contributed by atoms with E-state index in [0.717, 1.165) is 9.04 Å². The van der Waals surface area contributed by atoms with Crippen LogP contribution in [0.5, 0.6) is 0 Å². The van der Waals surface area contributed by atoms with Crippen molar-refractivity contribution in [1.82, 2.24) is 4.57 Å². The summed E-state index contributed by atoms with van der Waals surface area (Å²) in [4.78, 5) is 24.8. The minimum absolute atomic E-state index is 0.294. The highest BCUT2D eigenvalue weighted by molar-refractivity contribution is 9.10. The molecular formula is C15H15BrClNO3. The van der Waals surface area contributed by atoms with Gasteiger partial charge in [0.25, 0.3) is 5.56 Å². The summed E-state index contributed by atoms with van der Waals surface area (Å²) in [7, 11) is 0. The van der Waals surface area contributed by atoms with Crippen LogP contribution in [0.25, 0.3) is 10.8 Å². The highest BCUT2D eigenvalue weighted by atomic mass is 79.9. The molecule has 6 heteroatoms. The van der Waals surface area contributed by atoms with Crippen LogP contribution in [0, 0.1) is 6.92 Å². The van der Waals surface area contributed by atoms with Crippen molar-refractivity contribution in [2.24, 2.45) is 0 Å². The second-order valence-corrected chi connectivity index (χ2v) is 6.99. The summed E-state index contributed by atoms with van der Waals surface area (Å²) in [5.41, 5.74) is -0.672. The Morgan fingerprint density at radius 3 is 2.52 bits per heavy atom. The van der Waals surface area contributed by atoms with Crippen LogP contribution >= 0.6 is 27.5 Å². The Morgan fingerprint density at radius 1 is 1.33 bits per heavy atom. The van der Waals surface area contributed by atoms with Crippen molar-refractivity contribution < 1.29 is 9.53 Å². The average molecular weight is 373 g/mol. The number of aromatic nitrogens is 1. The Hall–Kier alpha value is -1.33. The van der Waals surface area contributed by atoms with Gasteiger partial charge in [-0.3, -0.25) is 4.79 Å². The number of carbonyl (C=O) groups is 1. The Balaban J connectivity index is 2.75. The van der Waals surface area contributed by atoms with Crippen molar-refractivity contribution >= 4 is 44.4 Å². The van der Waals surface area contributed by atoms with E-state index < -0.39 is 17.3 Å². The Bertz CT molecular complexity index is 790. The SMILES string of the molecule is Cc1cc2c(Br)ccc(Cl)c2c(=O)n1C(=O)OC(C)(C)C. The number of carbonyl (C=O) groups excluding carboxylic acids is 1. The third-order valence-electron chi connectivity index (χ3n) is 2.84. The molecule has 0 spiro atoms. The monoisotopic (exact) mass is 371 g/mol. The van der Waals surface area contributed by atoms with Crippen molar-refractivity contribution in [3.05, 3.63) is 43.7 Å². The molecule has 1 heterocycles. The van der Waals surface area contributed by atoms with E-state index >= 15 is 0 Å². The van der Waals surface area contributed by atoms with Crippen LogP contribution in [-0.2, 0) is 4.74 Å². The van der Waals surface area contributed by atoms with Crippen LogP contribution in [0.4, 0.5) is 4.79 Å². The molecule has 0 aliphatic rings. The molecule has 0 unspecified atom stereocenters. The molecule has 0 radical (unpaired) electrons. The fraction of sp³-hybridized carbons (Fsp3) is 0.333. The van der Waals surface area contributed by atoms with Gasteiger partial charge in [0.1, 0.15) is 5.60 Å². The molecule has 112 valence electrons. The zero-order valence-corrected chi connectivity index (χ0v) is 14.5. The normalized spacial score (nSPS) is 11.7. The van der Waals surface area contributed by atoms with E-state index in [2.05, 4.69) is 15.9 Å². The minimum Gasteiger partial charge on any atom is -0.443 e. The molecule has 0 aliphatic carbocycles. The topological polar surface area (TPSA) is 48.3 Å². The number of hydrogen-bond donors (Lipinski definition) is 0. The van der Waals surface area contributed by atoms with E-state index in [4.69, 9.17) is 16.3 Å². The molecule has 2 rings (SSSR count). The van der Waals surface area contributed by atoms with Crippen LogP contribution in [0.1, 0.15) is 26.5 Å². The standard InChI is InChI=1S/C15H15BrClNO3/c1-8-7-9-10(16)5-6-11(17)12(9)13(19)18(8)14(20)21-15(2,3)4/h5-7H,1-4H3. The number of rotatable bonds is 0. The number of fused-ring (bicyclic) bond motifs is 1. The van der Waals surface area contributed by atoms with Crippen LogP contribution in [0.15, 0.2) is 27.5 Å². The summed E-state index contributed by atoms with van der Waals surface area (Å²) in [5.74, 6) is 0. The van der Waals surface area contributed by atoms with Crippen molar-refractivity contribution in [3.63, 3.8) is 0 Å². The summed E-state index contributed by atoms with van der Waals surface area (Å²) in [6.45, 7) is 6.92. The summed E-state index contributed by atoms with van der Waals surface area (Å²) >= 11 is 9.50. The maximum atomic E-state index is 12.6. The summed E-state index contributed by atoms with van der Waals surface area (Å²) in [6, 6.07) is 5.11. The van der Waals surface area contributed by atoms with Gasteiger partial charge in [-0.05, 0) is 45.9 Å². The van der Waals surface area contributed by atoms with Gasteiger partial charge >= 0.3 is 6.09 Å². The molecule has 0 saturated carbocycles. The molecule has 0 fully saturated rings. The molecular weight excluding hydrogens is 358 g/mol. The van der Waals surface area contributed by atoms with Gasteiger partial charge < -0.3 is 4.74 Å². The fourth-order valence-electron chi connectivity index (χ4n) is 2.01. The van der Waals surface area contributed by atoms with E-state index in [1.807, 2.05) is 0 Å². The molecule has 21 heavy (non-hydrogen) atoms. The van der Waals surface area contributed by atoms with Gasteiger partial charge in [0.15, 0.2) is 0 Å². The number of ether oxygens (including phenoxy) is 1. The third-order valence-corrected chi connectivity index (χ3v) is 3.85. The minimum atomic E-state index is -0.706. The molecule has 4 nitrogen and oxygen atoms in total. The second kappa shape index (κ2) is 5.46. The van der Waals surface area contributed by atoms with Crippen LogP contribution in [-0.4, -0.2) is 16.3 Å². The quantitative estimate of drug-likeness (QED) is 0.683. The molecule has 0 atom stereocenters. The first-order valence-corrected chi connectivity index (χ1v) is 7.52. The first-order chi connectivity index (χ1) is 9.61. The molecule has 0 amide bonds. The lowest BCUT2D eigenvalue weighted by atomic mass is 10.1. The number of halogens is 2. The van der Waals surface area contributed by atoms with Crippen molar-refractivity contribution in [2.45, 2.75) is 33.3 Å². The van der Waals surface area contributed by atoms with Crippen LogP contribution in [0.2, 0.25) is 5.02 Å². The zero-order valence-electron chi connectivity index (χ0n) is 12.2. The number of pyridine rings is 1. The van der Waals surface area contributed by atoms with Crippen molar-refractivity contribution in [2.75, 3.05) is 0 Å². The lowest BCUT2D eigenvalue weighted by molar-refractivity contribution is 0.0528. The molecule has 0 aliphatic heterocycles. The maximum absolute atomic E-state index is 12.6. The summed E-state index contributed by atoms with van der Waals surface area (Å²) < 4.78 is 7.03. The Morgan fingerprint density at radius 2 is 1.95 bits per heavy atom. The van der Waals surface area contributed by atoms with E-state index in [-0.39, 0.29) is 0 Å². The van der Waals surface area contributed by atoms with E-state index in [0.29, 0.717) is 21.5 Å². The Kier molecular flexibility index (Phi) is 4.17. The van der Waals surface area contributed by atoms with Crippen LogP contribution < -0.4 is 5.56 Å². The van der Waals surface area contributed by atoms with E-state index in [1.165, 1.54) is 0 Å². The lowest BCUT2D eigenvalue weighted by Gasteiger charge is -2.21. The van der Waals surface area contributed by atoms with Gasteiger partial charge in [-0.25, -0.2) is 9.36 Å². The van der Waals surface area contributed by atoms with Gasteiger partial charge in [-0.2, -0.15) is 0 Å². The van der Waals surface area contributed by atoms with Gasteiger partial charge in [0.2, 0.25) is 0 Å². The number of hydrogen-bond acceptors (Lipinski definition) is 3. The fourth-order valence-corrected chi connectivity index (χ4v) is 2.70. The molecule has 0 N–H and O–H groups in total. The number of benzene rings is 1. The van der Waals surface area contributed by atoms with Crippen molar-refractivity contribution in [1.29, 1.82) is 0 Å². The Labute approximate surface area is 135 Å². The summed E-state index contributed by atoms with van der Waals surface area (Å²) in [6.07, 6.45) is -0.706. The first-order valence-electron chi connectivity index (χ1n) is 6.35. The molecule has 2 aromatic rings. The zero-order chi connectivity index (χ0) is 15.9. The van der Waals surface area contributed by atoms with E-state index in [1.54, 1.807) is 45.9 Å². The molecule has 1 aromatic carbocycles. The van der Waals surface area contributed by atoms with Gasteiger partial charge in [0, 0.05) is 15.6 Å². The highest BCUT2D eigenvalue weighted by Gasteiger charge is 2.22. The summed E-state index contributed by atoms with van der Waals surface area (Å²) in [5, 5.41) is 1.27. The number of aryl methyl sites for hydroxylation is 1. The third kappa shape index (κ3) is 3.14. The van der Waals surface area contributed by atoms with Gasteiger partial charge in [0.05, 0.1) is 10.4 Å². The molecule has 0 bridgehead atoms. The molecule has 1 aromatic heterocycles. The number of nitrogens with zero attached hydrogens (tertiary/aromatic N) is 1. The highest BCUT2D eigenvalue weighted by Crippen LogP contribution is 2.28. The lowest BCUT2D eigenvalue weighted by Crippen LogP contribution is -2.35. The van der Waals surface area contributed by atoms with E-state index in [9.17, 15) is 9.59 Å². The van der Waals surface area contributed by atoms with Crippen molar-refractivity contribution in [3.8, 4) is 0 Å². The smallest absolute Gasteiger partial charge is 0.421 e. The van der Waals surface area contributed by atoms with Gasteiger partial charge in [-0.15, -0.1) is 0 Å². The largest absolute Gasteiger partial charge is 0.443 e. The maximum Gasteiger partial charge on any atom is 0.421 e. The first kappa shape index (κ1) is 16.0. The van der Waals surface area contributed by atoms with Gasteiger partial charge in [-0.1, -0.05) is 27.5 Å². The predicted molar refractivity (Wildman–Crippen MR) is 87.3 cm³/mol.